The van der Waals surface area contributed by atoms with Crippen molar-refractivity contribution in [2.24, 2.45) is 0 Å². The maximum atomic E-state index is 10.8. The summed E-state index contributed by atoms with van der Waals surface area (Å²) >= 11 is 0. The molecular formula is C12H13NO. The van der Waals surface area contributed by atoms with Crippen LogP contribution in [0.4, 0.5) is 0 Å². The molecule has 2 nitrogen and oxygen atoms in total. The van der Waals surface area contributed by atoms with Crippen LogP contribution in [0.15, 0.2) is 36.4 Å². The van der Waals surface area contributed by atoms with Crippen LogP contribution >= 0.6 is 0 Å². The minimum Gasteiger partial charge on any atom is -0.315 e. The average Bonchev–Trinajstić information content (AvgIpc) is 2.30. The number of benzene rings is 1. The van der Waals surface area contributed by atoms with E-state index in [2.05, 4.69) is 6.08 Å². The van der Waals surface area contributed by atoms with E-state index in [1.54, 1.807) is 4.90 Å². The first kappa shape index (κ1) is 9.00. The molecule has 1 heterocycles. The van der Waals surface area contributed by atoms with Gasteiger partial charge in [0.1, 0.15) is 0 Å². The molecule has 0 N–H and O–H groups in total. The third kappa shape index (κ3) is 1.69. The van der Waals surface area contributed by atoms with Crippen molar-refractivity contribution in [3.05, 3.63) is 42.0 Å². The zero-order valence-corrected chi connectivity index (χ0v) is 8.02. The Kier molecular flexibility index (Phi) is 2.63. The molecular weight excluding hydrogens is 174 g/mol. The van der Waals surface area contributed by atoms with Gasteiger partial charge >= 0.3 is 0 Å². The quantitative estimate of drug-likeness (QED) is 0.650. The van der Waals surface area contributed by atoms with E-state index in [-0.39, 0.29) is 0 Å². The van der Waals surface area contributed by atoms with Crippen molar-refractivity contribution in [1.82, 2.24) is 4.90 Å². The number of carbonyl (C=O) groups excluding carboxylic acids is 1. The highest BCUT2D eigenvalue weighted by Crippen LogP contribution is 2.22. The third-order valence-electron chi connectivity index (χ3n) is 2.45. The van der Waals surface area contributed by atoms with Gasteiger partial charge in [-0.15, -0.1) is 0 Å². The van der Waals surface area contributed by atoms with Gasteiger partial charge in [-0.25, -0.2) is 0 Å². The van der Waals surface area contributed by atoms with E-state index in [0.717, 1.165) is 37.1 Å². The second kappa shape index (κ2) is 4.09. The average molecular weight is 187 g/mol. The number of amides is 1. The predicted molar refractivity (Wildman–Crippen MR) is 56.4 cm³/mol. The first-order chi connectivity index (χ1) is 6.92. The normalized spacial score (nSPS) is 16.3. The smallest absolute Gasteiger partial charge is 0.214 e. The van der Waals surface area contributed by atoms with Gasteiger partial charge in [-0.3, -0.25) is 4.79 Å². The lowest BCUT2D eigenvalue weighted by atomic mass is 10.1. The fourth-order valence-corrected chi connectivity index (χ4v) is 1.74. The van der Waals surface area contributed by atoms with Crippen molar-refractivity contribution in [3.8, 4) is 0 Å². The highest BCUT2D eigenvalue weighted by Gasteiger charge is 2.13. The Morgan fingerprint density at radius 1 is 1.21 bits per heavy atom. The zero-order valence-electron chi connectivity index (χ0n) is 8.02. The van der Waals surface area contributed by atoms with Gasteiger partial charge in [0.15, 0.2) is 0 Å². The number of hydrogen-bond acceptors (Lipinski definition) is 1. The van der Waals surface area contributed by atoms with Crippen LogP contribution in [0.2, 0.25) is 0 Å². The highest BCUT2D eigenvalue weighted by atomic mass is 16.1. The van der Waals surface area contributed by atoms with Crippen molar-refractivity contribution >= 4 is 12.1 Å². The van der Waals surface area contributed by atoms with E-state index >= 15 is 0 Å². The van der Waals surface area contributed by atoms with E-state index in [0.29, 0.717) is 0 Å². The molecule has 1 amide bonds. The van der Waals surface area contributed by atoms with Crippen LogP contribution in [-0.4, -0.2) is 17.9 Å². The van der Waals surface area contributed by atoms with Gasteiger partial charge in [-0.2, -0.15) is 0 Å². The molecule has 14 heavy (non-hydrogen) atoms. The molecule has 1 aromatic rings. The van der Waals surface area contributed by atoms with E-state index in [1.165, 1.54) is 0 Å². The number of carbonyl (C=O) groups is 1. The molecule has 1 aromatic carbocycles. The SMILES string of the molecule is O=CN1CCCC=C1c1ccccc1. The van der Waals surface area contributed by atoms with Gasteiger partial charge in [0, 0.05) is 12.2 Å². The van der Waals surface area contributed by atoms with Crippen molar-refractivity contribution in [2.75, 3.05) is 6.54 Å². The molecule has 1 aliphatic rings. The summed E-state index contributed by atoms with van der Waals surface area (Å²) in [5.74, 6) is 0. The molecule has 72 valence electrons. The van der Waals surface area contributed by atoms with Gasteiger partial charge in [-0.1, -0.05) is 36.4 Å². The van der Waals surface area contributed by atoms with Crippen LogP contribution in [0, 0.1) is 0 Å². The van der Waals surface area contributed by atoms with Gasteiger partial charge in [-0.05, 0) is 18.4 Å². The van der Waals surface area contributed by atoms with Crippen LogP contribution in [0.1, 0.15) is 18.4 Å². The van der Waals surface area contributed by atoms with Gasteiger partial charge in [0.25, 0.3) is 0 Å². The molecule has 0 radical (unpaired) electrons. The van der Waals surface area contributed by atoms with E-state index < -0.39 is 0 Å². The van der Waals surface area contributed by atoms with E-state index in [4.69, 9.17) is 0 Å². The first-order valence-corrected chi connectivity index (χ1v) is 4.89. The summed E-state index contributed by atoms with van der Waals surface area (Å²) in [6.07, 6.45) is 5.18. The van der Waals surface area contributed by atoms with E-state index in [1.807, 2.05) is 30.3 Å². The molecule has 0 atom stereocenters. The minimum atomic E-state index is 0.838. The Hall–Kier alpha value is -1.57. The Balaban J connectivity index is 2.32. The third-order valence-corrected chi connectivity index (χ3v) is 2.45. The topological polar surface area (TPSA) is 20.3 Å². The molecule has 0 saturated heterocycles. The molecule has 2 rings (SSSR count). The van der Waals surface area contributed by atoms with Crippen molar-refractivity contribution in [2.45, 2.75) is 12.8 Å². The molecule has 0 unspecified atom stereocenters. The lowest BCUT2D eigenvalue weighted by Gasteiger charge is -2.24. The molecule has 0 saturated carbocycles. The zero-order chi connectivity index (χ0) is 9.80. The molecule has 0 aromatic heterocycles. The lowest BCUT2D eigenvalue weighted by Crippen LogP contribution is -2.24. The Morgan fingerprint density at radius 3 is 2.71 bits per heavy atom. The summed E-state index contributed by atoms with van der Waals surface area (Å²) in [4.78, 5) is 12.6. The fraction of sp³-hybridized carbons (Fsp3) is 0.250. The van der Waals surface area contributed by atoms with Crippen LogP contribution in [0.25, 0.3) is 5.70 Å². The van der Waals surface area contributed by atoms with Crippen molar-refractivity contribution in [1.29, 1.82) is 0 Å². The Morgan fingerprint density at radius 2 is 2.00 bits per heavy atom. The molecule has 0 aliphatic carbocycles. The van der Waals surface area contributed by atoms with Gasteiger partial charge in [0.2, 0.25) is 6.41 Å². The van der Waals surface area contributed by atoms with Crippen LogP contribution in [0.3, 0.4) is 0 Å². The summed E-state index contributed by atoms with van der Waals surface area (Å²) in [6, 6.07) is 10.0. The second-order valence-corrected chi connectivity index (χ2v) is 3.40. The standard InChI is InChI=1S/C12H13NO/c14-10-13-9-5-4-8-12(13)11-6-2-1-3-7-11/h1-3,6-8,10H,4-5,9H2. The predicted octanol–water partition coefficient (Wildman–Crippen LogP) is 2.28. The summed E-state index contributed by atoms with van der Waals surface area (Å²) in [5.41, 5.74) is 2.17. The number of hydrogen-bond donors (Lipinski definition) is 0. The molecule has 0 fully saturated rings. The molecule has 0 bridgehead atoms. The largest absolute Gasteiger partial charge is 0.315 e. The lowest BCUT2D eigenvalue weighted by molar-refractivity contribution is -0.115. The molecule has 1 aliphatic heterocycles. The highest BCUT2D eigenvalue weighted by molar-refractivity contribution is 5.74. The van der Waals surface area contributed by atoms with Crippen molar-refractivity contribution in [3.63, 3.8) is 0 Å². The van der Waals surface area contributed by atoms with Crippen LogP contribution in [0.5, 0.6) is 0 Å². The van der Waals surface area contributed by atoms with Crippen LogP contribution in [-0.2, 0) is 4.79 Å². The molecule has 2 heteroatoms. The number of nitrogens with zero attached hydrogens (tertiary/aromatic N) is 1. The maximum absolute atomic E-state index is 10.8. The fourth-order valence-electron chi connectivity index (χ4n) is 1.74. The first-order valence-electron chi connectivity index (χ1n) is 4.89. The summed E-state index contributed by atoms with van der Waals surface area (Å²) < 4.78 is 0. The summed E-state index contributed by atoms with van der Waals surface area (Å²) in [6.45, 7) is 0.838. The van der Waals surface area contributed by atoms with Gasteiger partial charge in [0.05, 0.1) is 0 Å². The Bertz CT molecular complexity index is 343. The number of rotatable bonds is 2. The van der Waals surface area contributed by atoms with Crippen LogP contribution < -0.4 is 0 Å². The minimum absolute atomic E-state index is 0.838. The number of allylic oxidation sites excluding steroid dienone is 1. The molecule has 0 spiro atoms. The van der Waals surface area contributed by atoms with Crippen molar-refractivity contribution < 1.29 is 4.79 Å². The Labute approximate surface area is 83.8 Å². The second-order valence-electron chi connectivity index (χ2n) is 3.40. The monoisotopic (exact) mass is 187 g/mol. The summed E-state index contributed by atoms with van der Waals surface area (Å²) in [5, 5.41) is 0. The van der Waals surface area contributed by atoms with Gasteiger partial charge < -0.3 is 4.90 Å². The summed E-state index contributed by atoms with van der Waals surface area (Å²) in [7, 11) is 0. The van der Waals surface area contributed by atoms with E-state index in [9.17, 15) is 4.79 Å². The maximum Gasteiger partial charge on any atom is 0.214 e.